The summed E-state index contributed by atoms with van der Waals surface area (Å²) in [6, 6.07) is 7.26. The highest BCUT2D eigenvalue weighted by atomic mass is 35.5. The van der Waals surface area contributed by atoms with Crippen LogP contribution in [0, 0.1) is 20.8 Å². The lowest BCUT2D eigenvalue weighted by Crippen LogP contribution is -2.18. The number of anilines is 1. The summed E-state index contributed by atoms with van der Waals surface area (Å²) in [7, 11) is 0. The van der Waals surface area contributed by atoms with Gasteiger partial charge in [-0.05, 0) is 32.9 Å². The van der Waals surface area contributed by atoms with Crippen molar-refractivity contribution in [3.63, 3.8) is 0 Å². The van der Waals surface area contributed by atoms with Crippen LogP contribution in [0.5, 0.6) is 0 Å². The van der Waals surface area contributed by atoms with Crippen molar-refractivity contribution in [3.8, 4) is 17.2 Å². The van der Waals surface area contributed by atoms with Crippen LogP contribution in [0.3, 0.4) is 0 Å². The van der Waals surface area contributed by atoms with Crippen molar-refractivity contribution in [2.45, 2.75) is 20.8 Å². The number of H-pyrrole nitrogens is 1. The van der Waals surface area contributed by atoms with Gasteiger partial charge in [0.15, 0.2) is 0 Å². The van der Waals surface area contributed by atoms with E-state index in [2.05, 4.69) is 15.1 Å². The van der Waals surface area contributed by atoms with Gasteiger partial charge >= 0.3 is 0 Å². The highest BCUT2D eigenvalue weighted by Crippen LogP contribution is 2.30. The molecule has 7 heteroatoms. The molecule has 6 nitrogen and oxygen atoms in total. The number of hydrogen-bond acceptors (Lipinski definition) is 4. The van der Waals surface area contributed by atoms with E-state index in [0.717, 1.165) is 5.56 Å². The molecule has 0 saturated heterocycles. The highest BCUT2D eigenvalue weighted by Gasteiger charge is 2.18. The first-order valence-electron chi connectivity index (χ1n) is 7.07. The Labute approximate surface area is 137 Å². The van der Waals surface area contributed by atoms with E-state index in [1.54, 1.807) is 30.7 Å². The fourth-order valence-electron chi connectivity index (χ4n) is 2.31. The maximum atomic E-state index is 12.0. The Bertz CT molecular complexity index is 940. The Hall–Kier alpha value is -2.60. The van der Waals surface area contributed by atoms with Crippen LogP contribution in [-0.2, 0) is 0 Å². The number of nitrogens with one attached hydrogen (secondary N) is 1. The number of rotatable bonds is 2. The summed E-state index contributed by atoms with van der Waals surface area (Å²) < 4.78 is 1.56. The van der Waals surface area contributed by atoms with Crippen molar-refractivity contribution in [2.75, 3.05) is 5.73 Å². The molecule has 3 N–H and O–H groups in total. The van der Waals surface area contributed by atoms with E-state index in [0.29, 0.717) is 39.3 Å². The second kappa shape index (κ2) is 5.55. The van der Waals surface area contributed by atoms with Gasteiger partial charge in [0.05, 0.1) is 11.4 Å². The standard InChI is InChI=1S/C16H16ClN5O/c1-8-9(2)19-16(20-15(8)23)22-14(13(18)10(3)21-22)11-4-6-12(17)7-5-11/h4-7H,18H2,1-3H3,(H,19,20,23). The molecule has 0 bridgehead atoms. The summed E-state index contributed by atoms with van der Waals surface area (Å²) in [5, 5.41) is 5.05. The fraction of sp³-hybridized carbons (Fsp3) is 0.188. The minimum atomic E-state index is -0.193. The van der Waals surface area contributed by atoms with Crippen molar-refractivity contribution < 1.29 is 0 Å². The SMILES string of the molecule is Cc1nn(-c2nc(C)c(C)c(=O)[nH]2)c(-c2ccc(Cl)cc2)c1N. The van der Waals surface area contributed by atoms with Gasteiger partial charge in [0.1, 0.15) is 5.69 Å². The normalized spacial score (nSPS) is 11.0. The average Bonchev–Trinajstić information content (AvgIpc) is 2.81. The van der Waals surface area contributed by atoms with Crippen molar-refractivity contribution >= 4 is 17.3 Å². The maximum Gasteiger partial charge on any atom is 0.255 e. The number of aryl methyl sites for hydroxylation is 2. The van der Waals surface area contributed by atoms with Crippen LogP contribution in [0.25, 0.3) is 17.2 Å². The Morgan fingerprint density at radius 2 is 1.78 bits per heavy atom. The van der Waals surface area contributed by atoms with Crippen LogP contribution in [0.2, 0.25) is 5.02 Å². The minimum absolute atomic E-state index is 0.193. The van der Waals surface area contributed by atoms with Gasteiger partial charge in [0.2, 0.25) is 5.95 Å². The van der Waals surface area contributed by atoms with Gasteiger partial charge in [-0.3, -0.25) is 9.78 Å². The summed E-state index contributed by atoms with van der Waals surface area (Å²) in [5.41, 5.74) is 9.93. The third kappa shape index (κ3) is 2.61. The van der Waals surface area contributed by atoms with Crippen molar-refractivity contribution in [1.29, 1.82) is 0 Å². The lowest BCUT2D eigenvalue weighted by atomic mass is 10.1. The number of aromatic amines is 1. The zero-order valence-electron chi connectivity index (χ0n) is 13.0. The number of nitrogens with two attached hydrogens (primary N) is 1. The predicted molar refractivity (Wildman–Crippen MR) is 91.0 cm³/mol. The lowest BCUT2D eigenvalue weighted by Gasteiger charge is -2.09. The minimum Gasteiger partial charge on any atom is -0.395 e. The molecule has 0 amide bonds. The van der Waals surface area contributed by atoms with Crippen LogP contribution in [0.4, 0.5) is 5.69 Å². The van der Waals surface area contributed by atoms with Crippen LogP contribution in [0.15, 0.2) is 29.1 Å². The fourth-order valence-corrected chi connectivity index (χ4v) is 2.43. The smallest absolute Gasteiger partial charge is 0.255 e. The summed E-state index contributed by atoms with van der Waals surface area (Å²) in [6.45, 7) is 5.33. The van der Waals surface area contributed by atoms with Crippen LogP contribution in [0.1, 0.15) is 17.0 Å². The quantitative estimate of drug-likeness (QED) is 0.756. The molecule has 0 radical (unpaired) electrons. The summed E-state index contributed by atoms with van der Waals surface area (Å²) in [6.07, 6.45) is 0. The molecule has 0 aliphatic carbocycles. The highest BCUT2D eigenvalue weighted by molar-refractivity contribution is 6.30. The molecule has 0 unspecified atom stereocenters. The van der Waals surface area contributed by atoms with Gasteiger partial charge < -0.3 is 5.73 Å². The zero-order chi connectivity index (χ0) is 16.7. The second-order valence-electron chi connectivity index (χ2n) is 5.37. The average molecular weight is 330 g/mol. The number of aromatic nitrogens is 4. The first-order chi connectivity index (χ1) is 10.9. The number of halogens is 1. The molecule has 3 rings (SSSR count). The van der Waals surface area contributed by atoms with Crippen LogP contribution in [-0.4, -0.2) is 19.7 Å². The van der Waals surface area contributed by atoms with Crippen LogP contribution < -0.4 is 11.3 Å². The number of nitrogen functional groups attached to an aromatic ring is 1. The summed E-state index contributed by atoms with van der Waals surface area (Å²) in [5.74, 6) is 0.336. The molecule has 2 heterocycles. The largest absolute Gasteiger partial charge is 0.395 e. The van der Waals surface area contributed by atoms with E-state index < -0.39 is 0 Å². The van der Waals surface area contributed by atoms with Gasteiger partial charge in [-0.15, -0.1) is 0 Å². The van der Waals surface area contributed by atoms with E-state index in [-0.39, 0.29) is 5.56 Å². The lowest BCUT2D eigenvalue weighted by molar-refractivity contribution is 0.785. The Kier molecular flexibility index (Phi) is 3.69. The molecule has 2 aromatic heterocycles. The number of nitrogens with zero attached hydrogens (tertiary/aromatic N) is 3. The molecule has 1 aromatic carbocycles. The van der Waals surface area contributed by atoms with Crippen molar-refractivity contribution in [3.05, 3.63) is 56.6 Å². The molecule has 0 aliphatic rings. The molecule has 0 spiro atoms. The number of benzene rings is 1. The third-order valence-electron chi connectivity index (χ3n) is 3.81. The molecule has 23 heavy (non-hydrogen) atoms. The van der Waals surface area contributed by atoms with Gasteiger partial charge in [0, 0.05) is 21.8 Å². The molecule has 0 aliphatic heterocycles. The molecule has 3 aromatic rings. The molecular formula is C16H16ClN5O. The molecule has 0 saturated carbocycles. The molecule has 0 fully saturated rings. The molecule has 118 valence electrons. The summed E-state index contributed by atoms with van der Waals surface area (Å²) >= 11 is 5.95. The van der Waals surface area contributed by atoms with E-state index >= 15 is 0 Å². The zero-order valence-corrected chi connectivity index (χ0v) is 13.8. The van der Waals surface area contributed by atoms with E-state index in [1.807, 2.05) is 19.1 Å². The molecule has 0 atom stereocenters. The third-order valence-corrected chi connectivity index (χ3v) is 4.06. The van der Waals surface area contributed by atoms with Crippen molar-refractivity contribution in [1.82, 2.24) is 19.7 Å². The van der Waals surface area contributed by atoms with Gasteiger partial charge in [-0.2, -0.15) is 9.78 Å². The van der Waals surface area contributed by atoms with E-state index in [1.165, 1.54) is 0 Å². The van der Waals surface area contributed by atoms with E-state index in [9.17, 15) is 4.79 Å². The summed E-state index contributed by atoms with van der Waals surface area (Å²) in [4.78, 5) is 19.2. The Balaban J connectivity index is 2.27. The van der Waals surface area contributed by atoms with Gasteiger partial charge in [-0.25, -0.2) is 4.98 Å². The van der Waals surface area contributed by atoms with Gasteiger partial charge in [0.25, 0.3) is 5.56 Å². The first-order valence-corrected chi connectivity index (χ1v) is 7.45. The molecular weight excluding hydrogens is 314 g/mol. The van der Waals surface area contributed by atoms with E-state index in [4.69, 9.17) is 17.3 Å². The predicted octanol–water partition coefficient (Wildman–Crippen LogP) is 2.78. The monoisotopic (exact) mass is 329 g/mol. The topological polar surface area (TPSA) is 89.6 Å². The Morgan fingerprint density at radius 1 is 1.13 bits per heavy atom. The van der Waals surface area contributed by atoms with Crippen molar-refractivity contribution in [2.24, 2.45) is 0 Å². The second-order valence-corrected chi connectivity index (χ2v) is 5.80. The maximum absolute atomic E-state index is 12.0. The van der Waals surface area contributed by atoms with Gasteiger partial charge in [-0.1, -0.05) is 23.7 Å². The number of hydrogen-bond donors (Lipinski definition) is 2. The first kappa shape index (κ1) is 15.3. The Morgan fingerprint density at radius 3 is 2.39 bits per heavy atom. The van der Waals surface area contributed by atoms with Crippen LogP contribution >= 0.6 is 11.6 Å².